The van der Waals surface area contributed by atoms with Crippen LogP contribution in [0.25, 0.3) is 0 Å². The molecule has 7 heteroatoms. The zero-order valence-electron chi connectivity index (χ0n) is 18.3. The summed E-state index contributed by atoms with van der Waals surface area (Å²) in [6, 6.07) is 12.9. The second kappa shape index (κ2) is 12.4. The van der Waals surface area contributed by atoms with E-state index in [-0.39, 0.29) is 25.4 Å². The van der Waals surface area contributed by atoms with Crippen molar-refractivity contribution in [3.63, 3.8) is 0 Å². The van der Waals surface area contributed by atoms with Gasteiger partial charge in [-0.2, -0.15) is 0 Å². The number of anilines is 2. The fourth-order valence-corrected chi connectivity index (χ4v) is 3.04. The summed E-state index contributed by atoms with van der Waals surface area (Å²) in [6.45, 7) is 6.11. The van der Waals surface area contributed by atoms with E-state index in [0.29, 0.717) is 12.3 Å². The minimum Gasteiger partial charge on any atom is -0.494 e. The fraction of sp³-hybridized carbons (Fsp3) is 0.375. The van der Waals surface area contributed by atoms with Gasteiger partial charge in [-0.05, 0) is 55.2 Å². The molecule has 0 aliphatic carbocycles. The maximum Gasteiger partial charge on any atom is 0.306 e. The van der Waals surface area contributed by atoms with Crippen LogP contribution >= 0.6 is 0 Å². The average Bonchev–Trinajstić information content (AvgIpc) is 2.78. The molecular formula is C24H30N2O5. The number of carbonyl (C=O) groups is 3. The lowest BCUT2D eigenvalue weighted by Crippen LogP contribution is -2.23. The van der Waals surface area contributed by atoms with Crippen molar-refractivity contribution in [1.82, 2.24) is 0 Å². The molecule has 7 nitrogen and oxygen atoms in total. The van der Waals surface area contributed by atoms with Crippen LogP contribution in [0.5, 0.6) is 5.75 Å². The molecular weight excluding hydrogens is 396 g/mol. The molecule has 31 heavy (non-hydrogen) atoms. The van der Waals surface area contributed by atoms with E-state index in [1.807, 2.05) is 39.0 Å². The Bertz CT molecular complexity index is 871. The first-order valence-electron chi connectivity index (χ1n) is 10.6. The highest BCUT2D eigenvalue weighted by Gasteiger charge is 2.13. The zero-order valence-corrected chi connectivity index (χ0v) is 18.3. The standard InChI is InChI=1S/C24H30N2O5/c1-4-17-8-7-9-18(5-2)24(17)26-22(28)16-31-23(29)15-14-21(27)25-19-10-12-20(13-11-19)30-6-3/h7-13H,4-6,14-16H2,1-3H3,(H,25,27)(H,26,28). The molecule has 0 fully saturated rings. The quantitative estimate of drug-likeness (QED) is 0.528. The molecule has 0 aromatic heterocycles. The lowest BCUT2D eigenvalue weighted by atomic mass is 10.0. The van der Waals surface area contributed by atoms with Crippen molar-refractivity contribution in [2.24, 2.45) is 0 Å². The van der Waals surface area contributed by atoms with Gasteiger partial charge in [-0.15, -0.1) is 0 Å². The molecule has 2 amide bonds. The first kappa shape index (κ1) is 23.9. The van der Waals surface area contributed by atoms with Crippen molar-refractivity contribution in [3.05, 3.63) is 53.6 Å². The number of para-hydroxylation sites is 1. The number of rotatable bonds is 11. The van der Waals surface area contributed by atoms with Crippen molar-refractivity contribution in [2.45, 2.75) is 46.5 Å². The van der Waals surface area contributed by atoms with E-state index < -0.39 is 11.9 Å². The van der Waals surface area contributed by atoms with E-state index >= 15 is 0 Å². The number of carbonyl (C=O) groups excluding carboxylic acids is 3. The second-order valence-corrected chi connectivity index (χ2v) is 6.87. The van der Waals surface area contributed by atoms with E-state index in [9.17, 15) is 14.4 Å². The van der Waals surface area contributed by atoms with Gasteiger partial charge in [0.25, 0.3) is 5.91 Å². The Kier molecular flexibility index (Phi) is 9.55. The smallest absolute Gasteiger partial charge is 0.306 e. The number of esters is 1. The highest BCUT2D eigenvalue weighted by atomic mass is 16.5. The van der Waals surface area contributed by atoms with E-state index in [1.54, 1.807) is 24.3 Å². The van der Waals surface area contributed by atoms with Crippen LogP contribution in [0.3, 0.4) is 0 Å². The van der Waals surface area contributed by atoms with Gasteiger partial charge in [0.05, 0.1) is 13.0 Å². The van der Waals surface area contributed by atoms with Crippen LogP contribution in [0.1, 0.15) is 44.7 Å². The molecule has 0 radical (unpaired) electrons. The summed E-state index contributed by atoms with van der Waals surface area (Å²) in [5.74, 6) is -0.593. The third-order valence-corrected chi connectivity index (χ3v) is 4.63. The number of aryl methyl sites for hydroxylation is 2. The molecule has 2 N–H and O–H groups in total. The third kappa shape index (κ3) is 7.77. The summed E-state index contributed by atoms with van der Waals surface area (Å²) in [5.41, 5.74) is 3.46. The van der Waals surface area contributed by atoms with Crippen molar-refractivity contribution >= 4 is 29.2 Å². The van der Waals surface area contributed by atoms with Gasteiger partial charge in [0.1, 0.15) is 5.75 Å². The number of hydrogen-bond donors (Lipinski definition) is 2. The summed E-state index contributed by atoms with van der Waals surface area (Å²) in [6.07, 6.45) is 1.42. The van der Waals surface area contributed by atoms with Gasteiger partial charge in [0, 0.05) is 17.8 Å². The lowest BCUT2D eigenvalue weighted by molar-refractivity contribution is -0.147. The highest BCUT2D eigenvalue weighted by molar-refractivity contribution is 5.95. The SMILES string of the molecule is CCOc1ccc(NC(=O)CCC(=O)OCC(=O)Nc2c(CC)cccc2CC)cc1. The Morgan fingerprint density at radius 3 is 2.03 bits per heavy atom. The monoisotopic (exact) mass is 426 g/mol. The van der Waals surface area contributed by atoms with Gasteiger partial charge in [-0.1, -0.05) is 32.0 Å². The maximum atomic E-state index is 12.2. The van der Waals surface area contributed by atoms with Gasteiger partial charge < -0.3 is 20.1 Å². The Morgan fingerprint density at radius 1 is 0.806 bits per heavy atom. The summed E-state index contributed by atoms with van der Waals surface area (Å²) in [7, 11) is 0. The Hall–Kier alpha value is -3.35. The molecule has 0 saturated carbocycles. The molecule has 0 aliphatic rings. The van der Waals surface area contributed by atoms with Crippen molar-refractivity contribution < 1.29 is 23.9 Å². The number of benzene rings is 2. The van der Waals surface area contributed by atoms with Gasteiger partial charge in [-0.3, -0.25) is 14.4 Å². The van der Waals surface area contributed by atoms with E-state index in [4.69, 9.17) is 9.47 Å². The number of hydrogen-bond acceptors (Lipinski definition) is 5. The summed E-state index contributed by atoms with van der Waals surface area (Å²) in [4.78, 5) is 36.2. The maximum absolute atomic E-state index is 12.2. The molecule has 0 aliphatic heterocycles. The molecule has 2 aromatic rings. The number of amides is 2. The predicted octanol–water partition coefficient (Wildman–Crippen LogP) is 4.11. The van der Waals surface area contributed by atoms with Gasteiger partial charge in [0.2, 0.25) is 5.91 Å². The first-order valence-corrected chi connectivity index (χ1v) is 10.6. The molecule has 0 saturated heterocycles. The normalized spacial score (nSPS) is 10.3. The molecule has 166 valence electrons. The molecule has 0 bridgehead atoms. The minimum absolute atomic E-state index is 0.0354. The molecule has 0 unspecified atom stereocenters. The molecule has 0 spiro atoms. The van der Waals surface area contributed by atoms with E-state index in [0.717, 1.165) is 35.4 Å². The van der Waals surface area contributed by atoms with E-state index in [2.05, 4.69) is 10.6 Å². The number of nitrogens with one attached hydrogen (secondary N) is 2. The van der Waals surface area contributed by atoms with Gasteiger partial charge in [-0.25, -0.2) is 0 Å². The average molecular weight is 427 g/mol. The molecule has 2 rings (SSSR count). The van der Waals surface area contributed by atoms with Crippen LogP contribution in [-0.4, -0.2) is 31.0 Å². The highest BCUT2D eigenvalue weighted by Crippen LogP contribution is 2.22. The summed E-state index contributed by atoms with van der Waals surface area (Å²) < 4.78 is 10.4. The van der Waals surface area contributed by atoms with Crippen LogP contribution in [0.15, 0.2) is 42.5 Å². The van der Waals surface area contributed by atoms with E-state index in [1.165, 1.54) is 0 Å². The Labute approximate surface area is 183 Å². The molecule has 2 aromatic carbocycles. The van der Waals surface area contributed by atoms with Crippen molar-refractivity contribution in [1.29, 1.82) is 0 Å². The summed E-state index contributed by atoms with van der Waals surface area (Å²) in [5, 5.41) is 5.55. The van der Waals surface area contributed by atoms with Gasteiger partial charge in [0.15, 0.2) is 6.61 Å². The van der Waals surface area contributed by atoms with Crippen LogP contribution in [0, 0.1) is 0 Å². The molecule has 0 heterocycles. The summed E-state index contributed by atoms with van der Waals surface area (Å²) >= 11 is 0. The topological polar surface area (TPSA) is 93.7 Å². The van der Waals surface area contributed by atoms with Crippen LogP contribution in [-0.2, 0) is 32.0 Å². The minimum atomic E-state index is -0.600. The largest absolute Gasteiger partial charge is 0.494 e. The second-order valence-electron chi connectivity index (χ2n) is 6.87. The third-order valence-electron chi connectivity index (χ3n) is 4.63. The Morgan fingerprint density at radius 2 is 1.45 bits per heavy atom. The predicted molar refractivity (Wildman–Crippen MR) is 120 cm³/mol. The van der Waals surface area contributed by atoms with Crippen molar-refractivity contribution in [2.75, 3.05) is 23.8 Å². The van der Waals surface area contributed by atoms with Crippen LogP contribution in [0.4, 0.5) is 11.4 Å². The van der Waals surface area contributed by atoms with Crippen molar-refractivity contribution in [3.8, 4) is 5.75 Å². The Balaban J connectivity index is 1.75. The zero-order chi connectivity index (χ0) is 22.6. The lowest BCUT2D eigenvalue weighted by Gasteiger charge is -2.14. The van der Waals surface area contributed by atoms with Crippen LogP contribution < -0.4 is 15.4 Å². The first-order chi connectivity index (χ1) is 15.0. The van der Waals surface area contributed by atoms with Gasteiger partial charge >= 0.3 is 5.97 Å². The molecule has 0 atom stereocenters. The number of ether oxygens (including phenoxy) is 2. The van der Waals surface area contributed by atoms with Crippen LogP contribution in [0.2, 0.25) is 0 Å². The fourth-order valence-electron chi connectivity index (χ4n) is 3.04.